The van der Waals surface area contributed by atoms with E-state index in [4.69, 9.17) is 16.9 Å². The van der Waals surface area contributed by atoms with Crippen molar-refractivity contribution in [2.75, 3.05) is 6.54 Å². The Kier molecular flexibility index (Phi) is 5.67. The van der Waals surface area contributed by atoms with Crippen molar-refractivity contribution in [3.8, 4) is 6.07 Å². The van der Waals surface area contributed by atoms with Crippen molar-refractivity contribution in [3.63, 3.8) is 0 Å². The van der Waals surface area contributed by atoms with Gasteiger partial charge in [-0.3, -0.25) is 4.79 Å². The summed E-state index contributed by atoms with van der Waals surface area (Å²) in [5.74, 6) is -0.147. The minimum Gasteiger partial charge on any atom is -0.356 e. The molecule has 18 heavy (non-hydrogen) atoms. The van der Waals surface area contributed by atoms with E-state index in [2.05, 4.69) is 11.4 Å². The fourth-order valence-corrected chi connectivity index (χ4v) is 1.74. The van der Waals surface area contributed by atoms with Crippen molar-refractivity contribution >= 4 is 17.5 Å². The molecule has 0 aliphatic carbocycles. The van der Waals surface area contributed by atoms with Gasteiger partial charge in [0.15, 0.2) is 0 Å². The van der Waals surface area contributed by atoms with Gasteiger partial charge < -0.3 is 5.32 Å². The topological polar surface area (TPSA) is 52.9 Å². The van der Waals surface area contributed by atoms with Gasteiger partial charge in [-0.25, -0.2) is 0 Å². The number of nitriles is 1. The number of halogens is 1. The summed E-state index contributed by atoms with van der Waals surface area (Å²) in [6.45, 7) is 4.69. The normalized spacial score (nSPS) is 11.9. The Labute approximate surface area is 113 Å². The number of carbonyl (C=O) groups is 1. The van der Waals surface area contributed by atoms with Gasteiger partial charge in [-0.2, -0.15) is 5.26 Å². The highest BCUT2D eigenvalue weighted by atomic mass is 35.5. The summed E-state index contributed by atoms with van der Waals surface area (Å²) in [6, 6.07) is 9.22. The summed E-state index contributed by atoms with van der Waals surface area (Å²) in [7, 11) is 0. The Morgan fingerprint density at radius 2 is 2.22 bits per heavy atom. The minimum absolute atomic E-state index is 0.102. The van der Waals surface area contributed by atoms with Gasteiger partial charge in [0.25, 0.3) is 0 Å². The summed E-state index contributed by atoms with van der Waals surface area (Å²) in [4.78, 5) is 11.7. The molecule has 0 spiro atoms. The molecule has 0 radical (unpaired) electrons. The number of hydrogen-bond donors (Lipinski definition) is 1. The number of hydrogen-bond acceptors (Lipinski definition) is 2. The van der Waals surface area contributed by atoms with Crippen LogP contribution in [0.1, 0.15) is 31.7 Å². The summed E-state index contributed by atoms with van der Waals surface area (Å²) in [5, 5.41) is 12.5. The molecule has 0 aliphatic heterocycles. The summed E-state index contributed by atoms with van der Waals surface area (Å²) < 4.78 is 0. The van der Waals surface area contributed by atoms with E-state index in [1.807, 2.05) is 19.9 Å². The molecule has 1 aromatic rings. The van der Waals surface area contributed by atoms with Crippen LogP contribution in [0.5, 0.6) is 0 Å². The van der Waals surface area contributed by atoms with Crippen molar-refractivity contribution < 1.29 is 4.79 Å². The van der Waals surface area contributed by atoms with Gasteiger partial charge in [-0.05, 0) is 23.6 Å². The molecule has 1 aromatic carbocycles. The second kappa shape index (κ2) is 7.03. The molecule has 1 atom stereocenters. The van der Waals surface area contributed by atoms with Crippen LogP contribution in [0.4, 0.5) is 0 Å². The third-order valence-electron chi connectivity index (χ3n) is 2.50. The lowest BCUT2D eigenvalue weighted by Gasteiger charge is -2.11. The van der Waals surface area contributed by atoms with Gasteiger partial charge >= 0.3 is 0 Å². The standard InChI is InChI=1S/C14H17ClN2O/c1-10(2)9-17-14(18)7-12(8-16)11-4-3-5-13(15)6-11/h3-6,10,12H,7,9H2,1-2H3,(H,17,18). The fourth-order valence-electron chi connectivity index (χ4n) is 1.54. The number of nitrogens with one attached hydrogen (secondary N) is 1. The first-order chi connectivity index (χ1) is 8.52. The lowest BCUT2D eigenvalue weighted by Crippen LogP contribution is -2.28. The molecule has 1 amide bonds. The molecule has 0 fully saturated rings. The van der Waals surface area contributed by atoms with Crippen LogP contribution in [0.25, 0.3) is 0 Å². The van der Waals surface area contributed by atoms with Gasteiger partial charge in [0.05, 0.1) is 12.0 Å². The molecule has 1 rings (SSSR count). The average Bonchev–Trinajstić information content (AvgIpc) is 2.33. The first-order valence-corrected chi connectivity index (χ1v) is 6.32. The molecule has 0 aromatic heterocycles. The Hall–Kier alpha value is -1.53. The average molecular weight is 265 g/mol. The molecular formula is C14H17ClN2O. The minimum atomic E-state index is -0.448. The van der Waals surface area contributed by atoms with Crippen LogP contribution in [0.3, 0.4) is 0 Å². The number of nitrogens with zero attached hydrogens (tertiary/aromatic N) is 1. The van der Waals surface area contributed by atoms with Crippen LogP contribution < -0.4 is 5.32 Å². The lowest BCUT2D eigenvalue weighted by molar-refractivity contribution is -0.121. The number of amides is 1. The zero-order chi connectivity index (χ0) is 13.5. The highest BCUT2D eigenvalue weighted by Crippen LogP contribution is 2.21. The quantitative estimate of drug-likeness (QED) is 0.888. The molecule has 1 N–H and O–H groups in total. The molecule has 0 bridgehead atoms. The Morgan fingerprint density at radius 3 is 2.78 bits per heavy atom. The maximum absolute atomic E-state index is 11.7. The van der Waals surface area contributed by atoms with E-state index in [1.165, 1.54) is 0 Å². The maximum Gasteiger partial charge on any atom is 0.221 e. The van der Waals surface area contributed by atoms with Gasteiger partial charge in [0.1, 0.15) is 0 Å². The highest BCUT2D eigenvalue weighted by molar-refractivity contribution is 6.30. The zero-order valence-electron chi connectivity index (χ0n) is 10.6. The van der Waals surface area contributed by atoms with Gasteiger partial charge in [0, 0.05) is 18.0 Å². The largest absolute Gasteiger partial charge is 0.356 e. The fraction of sp³-hybridized carbons (Fsp3) is 0.429. The second-order valence-electron chi connectivity index (χ2n) is 4.64. The van der Waals surface area contributed by atoms with Crippen LogP contribution in [-0.2, 0) is 4.79 Å². The van der Waals surface area contributed by atoms with Crippen molar-refractivity contribution in [1.29, 1.82) is 5.26 Å². The van der Waals surface area contributed by atoms with Gasteiger partial charge in [0.2, 0.25) is 5.91 Å². The van der Waals surface area contributed by atoms with Crippen molar-refractivity contribution in [3.05, 3.63) is 34.9 Å². The highest BCUT2D eigenvalue weighted by Gasteiger charge is 2.15. The molecule has 3 nitrogen and oxygen atoms in total. The van der Waals surface area contributed by atoms with E-state index in [0.29, 0.717) is 17.5 Å². The zero-order valence-corrected chi connectivity index (χ0v) is 11.4. The third kappa shape index (κ3) is 4.77. The number of carbonyl (C=O) groups excluding carboxylic acids is 1. The first kappa shape index (κ1) is 14.5. The molecule has 1 unspecified atom stereocenters. The Balaban J connectivity index is 2.63. The van der Waals surface area contributed by atoms with E-state index >= 15 is 0 Å². The Morgan fingerprint density at radius 1 is 1.50 bits per heavy atom. The predicted molar refractivity (Wildman–Crippen MR) is 72.3 cm³/mol. The van der Waals surface area contributed by atoms with Crippen LogP contribution in [-0.4, -0.2) is 12.5 Å². The van der Waals surface area contributed by atoms with E-state index in [-0.39, 0.29) is 12.3 Å². The number of benzene rings is 1. The second-order valence-corrected chi connectivity index (χ2v) is 5.08. The van der Waals surface area contributed by atoms with E-state index in [0.717, 1.165) is 5.56 Å². The Bertz CT molecular complexity index is 451. The van der Waals surface area contributed by atoms with E-state index in [1.54, 1.807) is 18.2 Å². The molecule has 0 heterocycles. The molecule has 0 saturated carbocycles. The van der Waals surface area contributed by atoms with Crippen molar-refractivity contribution in [1.82, 2.24) is 5.32 Å². The summed E-state index contributed by atoms with van der Waals surface area (Å²) in [5.41, 5.74) is 0.782. The van der Waals surface area contributed by atoms with Crippen molar-refractivity contribution in [2.45, 2.75) is 26.2 Å². The first-order valence-electron chi connectivity index (χ1n) is 5.94. The lowest BCUT2D eigenvalue weighted by atomic mass is 9.97. The molecule has 0 aliphatic rings. The van der Waals surface area contributed by atoms with Gasteiger partial charge in [-0.15, -0.1) is 0 Å². The van der Waals surface area contributed by atoms with Crippen LogP contribution in [0, 0.1) is 17.2 Å². The molecular weight excluding hydrogens is 248 g/mol. The smallest absolute Gasteiger partial charge is 0.221 e. The molecule has 0 saturated heterocycles. The number of rotatable bonds is 5. The molecule has 4 heteroatoms. The summed E-state index contributed by atoms with van der Waals surface area (Å²) in [6.07, 6.45) is 0.170. The monoisotopic (exact) mass is 264 g/mol. The summed E-state index contributed by atoms with van der Waals surface area (Å²) >= 11 is 5.88. The van der Waals surface area contributed by atoms with Crippen molar-refractivity contribution in [2.24, 2.45) is 5.92 Å². The van der Waals surface area contributed by atoms with Crippen LogP contribution in [0.2, 0.25) is 5.02 Å². The van der Waals surface area contributed by atoms with E-state index in [9.17, 15) is 4.79 Å². The van der Waals surface area contributed by atoms with Crippen LogP contribution in [0.15, 0.2) is 24.3 Å². The van der Waals surface area contributed by atoms with Gasteiger partial charge in [-0.1, -0.05) is 37.6 Å². The molecule has 96 valence electrons. The van der Waals surface area contributed by atoms with Crippen LogP contribution >= 0.6 is 11.6 Å². The SMILES string of the molecule is CC(C)CNC(=O)CC(C#N)c1cccc(Cl)c1. The maximum atomic E-state index is 11.7. The van der Waals surface area contributed by atoms with E-state index < -0.39 is 5.92 Å². The predicted octanol–water partition coefficient (Wildman–Crippen LogP) is 3.11. The third-order valence-corrected chi connectivity index (χ3v) is 2.74.